The molecule has 6 heterocycles. The van der Waals surface area contributed by atoms with Gasteiger partial charge in [-0.1, -0.05) is 88.0 Å². The van der Waals surface area contributed by atoms with Gasteiger partial charge in [0.1, 0.15) is 47.9 Å². The first-order valence-corrected chi connectivity index (χ1v) is 50.9. The van der Waals surface area contributed by atoms with E-state index in [9.17, 15) is 86.9 Å². The number of H-pyrrole nitrogens is 2. The van der Waals surface area contributed by atoms with Crippen LogP contribution in [0.1, 0.15) is 190 Å². The molecule has 23 N–H and O–H groups in total. The smallest absolute Gasteiger partial charge is 0.326 e. The number of hydrogen-bond acceptors (Lipinski definition) is 33. The zero-order valence-electron chi connectivity index (χ0n) is 82.2. The van der Waals surface area contributed by atoms with Gasteiger partial charge in [-0.2, -0.15) is 43.9 Å². The van der Waals surface area contributed by atoms with Crippen LogP contribution in [0.3, 0.4) is 0 Å². The van der Waals surface area contributed by atoms with Crippen molar-refractivity contribution in [2.24, 2.45) is 11.8 Å². The molecule has 2 aliphatic heterocycles. The monoisotopic (exact) mass is 2110 g/mol. The highest BCUT2D eigenvalue weighted by Gasteiger charge is 2.40. The van der Waals surface area contributed by atoms with Gasteiger partial charge in [-0.25, -0.2) is 19.6 Å². The SMILES string of the molecule is CSC1CC(=O)N(CCCCCC(=O)N[C@H](C(=O)N[C@@H](C)C(=O)Nc2ccc(C(=O)NCCC[C@H](NC(=O)c3ccc(CCc4ccc5nc(N)nc(N)c5c4Cl)cc3)C(=O)O)c(-c3nn[nH]n3)c2)C(C)C)C1=O.CSC1CC(=O)N(CCCCCC(=O)N[C@H](C(=O)N[C@@H](C)C(=O)Nc2ccc(C(=O)NCCC[C@H](NC(=O)c3ccc(NCc4ccc5nc(N)nc(N)c5c4Cl)cc3)C(=O)O)c(-c3nn[nH]n3)c2)C(C)C)C1=O. The van der Waals surface area contributed by atoms with Crippen molar-refractivity contribution in [3.05, 3.63) is 158 Å². The summed E-state index contributed by atoms with van der Waals surface area (Å²) in [7, 11) is 0. The minimum atomic E-state index is -1.27. The standard InChI is InChI=1S/C49H59ClN14O9S.C48H58ClN15O9S/c1-25(2)40(58-36(65)10-6-5-7-22-64-37(66)24-35(74-4)47(64)71)46(70)54-26(3)43(67)55-30-18-19-31(32(23-30)42-60-62-63-61-42)45(69)53-21-8-9-34(48(72)73)56-44(68)29-15-12-27(13-16-29)11-14-28-17-20-33-38(39(28)50)41(51)59-49(52)57-33;1-24(2)39(58-35(65)10-6-5-7-20-64-36(66)22-34(74-4)46(64)71)45(70)54-25(3)42(67)55-29-16-17-30(31(21-29)41-60-62-63-61-41)44(69)52-19-8-9-33(47(72)73)56-43(68)26-11-14-28(15-12-26)53-23-27-13-18-32-37(38(27)49)40(50)59-48(51)57-32/h12-13,15-20,23,25-26,34-35,40H,5-11,14,21-22,24H2,1-4H3,(H,53,69)(H,54,70)(H,55,67)(H,56,68)(H,58,65)(H,72,73)(H4,51,52,57,59)(H,60,61,62,63);11-18,21,24-25,33-34,39,53H,5-10,19-20,22-23H2,1-4H3,(H,52,69)(H,54,70)(H,55,67)(H,56,68)(H,58,65)(H,72,73)(H4,50,51,57,59)(H,60,61,62,63)/t26-,34-,35?,40-;25-,33-,34?,39-/m00/s1. The van der Waals surface area contributed by atoms with Crippen molar-refractivity contribution in [2.45, 2.75) is 198 Å². The first-order valence-electron chi connectivity index (χ1n) is 47.6. The molecule has 0 spiro atoms. The molecule has 51 heteroatoms. The zero-order chi connectivity index (χ0) is 107. The van der Waals surface area contributed by atoms with E-state index in [0.717, 1.165) is 11.1 Å². The third kappa shape index (κ3) is 30.7. The highest BCUT2D eigenvalue weighted by Crippen LogP contribution is 2.35. The number of nitrogens with one attached hydrogen (secondary N) is 13. The Morgan fingerprint density at radius 2 is 0.865 bits per heavy atom. The van der Waals surface area contributed by atoms with E-state index in [1.54, 1.807) is 94.8 Å². The second-order valence-electron chi connectivity index (χ2n) is 35.7. The number of carboxylic acid groups (broad SMARTS) is 2. The Morgan fingerprint density at radius 1 is 0.459 bits per heavy atom. The molecule has 10 aromatic rings. The molecule has 6 aromatic carbocycles. The van der Waals surface area contributed by atoms with Crippen LogP contribution in [0.15, 0.2) is 109 Å². The van der Waals surface area contributed by atoms with Crippen LogP contribution in [0, 0.1) is 11.8 Å². The van der Waals surface area contributed by atoms with Gasteiger partial charge in [0.15, 0.2) is 0 Å². The average Bonchev–Trinajstić information content (AvgIpc) is 1.07. The number of nitrogen functional groups attached to an aromatic ring is 4. The third-order valence-electron chi connectivity index (χ3n) is 24.3. The number of amides is 14. The maximum absolute atomic E-state index is 13.5. The van der Waals surface area contributed by atoms with Gasteiger partial charge in [0.05, 0.1) is 53.5 Å². The van der Waals surface area contributed by atoms with E-state index in [0.29, 0.717) is 114 Å². The normalized spacial score (nSPS) is 14.6. The lowest BCUT2D eigenvalue weighted by atomic mass is 10.0. The van der Waals surface area contributed by atoms with Crippen molar-refractivity contribution in [2.75, 3.05) is 77.6 Å². The second kappa shape index (κ2) is 53.4. The summed E-state index contributed by atoms with van der Waals surface area (Å²) in [5.41, 5.74) is 29.2. The highest BCUT2D eigenvalue weighted by atomic mass is 35.5. The Hall–Kier alpha value is -15.7. The lowest BCUT2D eigenvalue weighted by Gasteiger charge is -2.24. The van der Waals surface area contributed by atoms with Crippen molar-refractivity contribution in [1.29, 1.82) is 0 Å². The maximum Gasteiger partial charge on any atom is 0.326 e. The first-order chi connectivity index (χ1) is 70.7. The van der Waals surface area contributed by atoms with Crippen molar-refractivity contribution >= 4 is 204 Å². The number of aryl methyl sites for hydroxylation is 2. The molecule has 14 amide bonds. The quantitative estimate of drug-likeness (QED) is 0.0139. The zero-order valence-corrected chi connectivity index (χ0v) is 85.3. The van der Waals surface area contributed by atoms with Crippen molar-refractivity contribution < 1.29 is 86.9 Å². The molecule has 12 rings (SSSR count). The number of nitrogens with two attached hydrogens (primary N) is 4. The number of benzene rings is 6. The summed E-state index contributed by atoms with van der Waals surface area (Å²) in [6, 6.07) is 22.4. The minimum absolute atomic E-state index is 0.0103. The van der Waals surface area contributed by atoms with Gasteiger partial charge in [-0.15, -0.1) is 20.4 Å². The van der Waals surface area contributed by atoms with Crippen LogP contribution in [-0.2, 0) is 76.9 Å². The van der Waals surface area contributed by atoms with E-state index in [1.165, 1.54) is 95.7 Å². The Kier molecular flexibility index (Phi) is 40.7. The molecule has 2 aliphatic rings. The number of carboxylic acids is 2. The molecule has 4 aromatic heterocycles. The van der Waals surface area contributed by atoms with Crippen LogP contribution in [0.2, 0.25) is 10.0 Å². The number of tetrazole rings is 2. The fourth-order valence-corrected chi connectivity index (χ4v) is 18.0. The van der Waals surface area contributed by atoms with Gasteiger partial charge in [0.2, 0.25) is 82.6 Å². The average molecular weight is 2110 g/mol. The van der Waals surface area contributed by atoms with E-state index < -0.39 is 95.4 Å². The lowest BCUT2D eigenvalue weighted by molar-refractivity contribution is -0.140. The maximum atomic E-state index is 13.5. The molecule has 2 fully saturated rings. The number of carbonyl (C=O) groups excluding carboxylic acids is 14. The molecule has 2 saturated heterocycles. The molecule has 148 heavy (non-hydrogen) atoms. The number of halogens is 2. The van der Waals surface area contributed by atoms with Gasteiger partial charge in [0, 0.05) is 97.7 Å². The van der Waals surface area contributed by atoms with Crippen molar-refractivity contribution in [3.8, 4) is 22.8 Å². The molecule has 0 radical (unpaired) electrons. The Balaban J connectivity index is 0.000000281. The van der Waals surface area contributed by atoms with Crippen LogP contribution in [0.5, 0.6) is 0 Å². The van der Waals surface area contributed by atoms with Crippen molar-refractivity contribution in [3.63, 3.8) is 0 Å². The number of nitrogens with zero attached hydrogens (tertiary/aromatic N) is 12. The fraction of sp³-hybridized carbons (Fsp3) is 0.402. The Labute approximate surface area is 867 Å². The Bertz CT molecular complexity index is 6170. The summed E-state index contributed by atoms with van der Waals surface area (Å²) in [6.45, 7) is 10.9. The van der Waals surface area contributed by atoms with Crippen LogP contribution in [0.4, 0.5) is 40.6 Å². The number of anilines is 7. The van der Waals surface area contributed by atoms with Crippen LogP contribution in [0.25, 0.3) is 44.6 Å². The molecular formula is C97H117Cl2N29O18S2. The molecule has 47 nitrogen and oxygen atoms in total. The number of thioether (sulfide) groups is 2. The van der Waals surface area contributed by atoms with Gasteiger partial charge >= 0.3 is 11.9 Å². The summed E-state index contributed by atoms with van der Waals surface area (Å²) in [6.07, 6.45) is 8.94. The number of hydrogen-bond donors (Lipinski definition) is 19. The predicted molar refractivity (Wildman–Crippen MR) is 555 cm³/mol. The number of rotatable bonds is 50. The molecule has 8 atom stereocenters. The largest absolute Gasteiger partial charge is 0.480 e. The first kappa shape index (κ1) is 113. The number of aliphatic carboxylic acids is 2. The minimum Gasteiger partial charge on any atom is -0.480 e. The number of fused-ring (bicyclic) bond motifs is 2. The third-order valence-corrected chi connectivity index (χ3v) is 27.1. The molecule has 784 valence electrons. The number of aromatic nitrogens is 12. The summed E-state index contributed by atoms with van der Waals surface area (Å²) >= 11 is 15.9. The fourth-order valence-electron chi connectivity index (χ4n) is 16.1. The Morgan fingerprint density at radius 3 is 1.26 bits per heavy atom. The number of carbonyl (C=O) groups is 16. The van der Waals surface area contributed by atoms with Gasteiger partial charge in [-0.05, 0) is 214 Å². The van der Waals surface area contributed by atoms with Crippen molar-refractivity contribution in [1.82, 2.24) is 114 Å². The molecule has 2 unspecified atom stereocenters. The summed E-state index contributed by atoms with van der Waals surface area (Å²) in [4.78, 5) is 225. The molecule has 0 saturated carbocycles. The predicted octanol–water partition coefficient (Wildman–Crippen LogP) is 6.71. The molecular weight excluding hydrogens is 1990 g/mol. The van der Waals surface area contributed by atoms with E-state index >= 15 is 0 Å². The second-order valence-corrected chi connectivity index (χ2v) is 38.5. The van der Waals surface area contributed by atoms with E-state index in [4.69, 9.17) is 46.1 Å². The number of imide groups is 2. The number of unbranched alkanes of at least 4 members (excludes halogenated alkanes) is 4. The number of aromatic amines is 2. The van der Waals surface area contributed by atoms with Gasteiger partial charge in [-0.3, -0.25) is 76.9 Å². The van der Waals surface area contributed by atoms with Crippen LogP contribution in [-0.4, -0.2) is 261 Å². The lowest BCUT2D eigenvalue weighted by Crippen LogP contribution is -2.53. The van der Waals surface area contributed by atoms with E-state index in [2.05, 4.69) is 120 Å². The summed E-state index contributed by atoms with van der Waals surface area (Å²) < 4.78 is 0. The topological polar surface area (TPSA) is 717 Å². The van der Waals surface area contributed by atoms with Gasteiger partial charge < -0.3 is 91.6 Å². The van der Waals surface area contributed by atoms with E-state index in [1.807, 2.05) is 6.07 Å². The summed E-state index contributed by atoms with van der Waals surface area (Å²) in [5, 5.41) is 78.8. The van der Waals surface area contributed by atoms with Crippen LogP contribution < -0.4 is 81.4 Å². The number of likely N-dealkylation sites (tertiary alicyclic amines) is 2. The van der Waals surface area contributed by atoms with E-state index in [-0.39, 0.29) is 202 Å². The highest BCUT2D eigenvalue weighted by molar-refractivity contribution is 8.00. The molecule has 0 bridgehead atoms. The molecule has 0 aliphatic carbocycles. The van der Waals surface area contributed by atoms with Gasteiger partial charge in [0.25, 0.3) is 23.6 Å². The van der Waals surface area contributed by atoms with Crippen LogP contribution >= 0.6 is 46.7 Å². The summed E-state index contributed by atoms with van der Waals surface area (Å²) in [5.74, 6) is -8.81.